The molecule has 0 bridgehead atoms. The van der Waals surface area contributed by atoms with Gasteiger partial charge in [-0.3, -0.25) is 4.79 Å². The highest BCUT2D eigenvalue weighted by atomic mass is 19.4. The van der Waals surface area contributed by atoms with Gasteiger partial charge in [0.25, 0.3) is 0 Å². The third kappa shape index (κ3) is 3.87. The first-order valence-corrected chi connectivity index (χ1v) is 5.50. The molecule has 2 amide bonds. The minimum Gasteiger partial charge on any atom is -0.465 e. The number of amides is 2. The van der Waals surface area contributed by atoms with Crippen LogP contribution in [0.1, 0.15) is 17.2 Å². The second-order valence-electron chi connectivity index (χ2n) is 4.24. The number of carboxylic acid groups (broad SMARTS) is 1. The maximum Gasteiger partial charge on any atom is 0.416 e. The molecule has 1 aromatic rings. The summed E-state index contributed by atoms with van der Waals surface area (Å²) >= 11 is 0. The minimum atomic E-state index is -4.56. The van der Waals surface area contributed by atoms with Crippen molar-refractivity contribution in [2.24, 2.45) is 0 Å². The van der Waals surface area contributed by atoms with Crippen molar-refractivity contribution in [1.82, 2.24) is 10.2 Å². The fraction of sp³-hybridized carbons (Fsp3) is 0.333. The molecule has 2 N–H and O–H groups in total. The van der Waals surface area contributed by atoms with E-state index in [1.165, 1.54) is 20.2 Å². The van der Waals surface area contributed by atoms with Crippen molar-refractivity contribution in [1.29, 1.82) is 0 Å². The minimum absolute atomic E-state index is 0.0686. The van der Waals surface area contributed by atoms with Crippen molar-refractivity contribution in [3.05, 3.63) is 35.4 Å². The fourth-order valence-corrected chi connectivity index (χ4v) is 1.56. The molecule has 1 aromatic carbocycles. The molecule has 0 saturated carbocycles. The van der Waals surface area contributed by atoms with E-state index in [1.54, 1.807) is 0 Å². The van der Waals surface area contributed by atoms with Gasteiger partial charge in [0.2, 0.25) is 5.91 Å². The Balaban J connectivity index is 3.20. The van der Waals surface area contributed by atoms with Crippen molar-refractivity contribution in [3.8, 4) is 0 Å². The van der Waals surface area contributed by atoms with Gasteiger partial charge in [-0.2, -0.15) is 13.2 Å². The predicted molar refractivity (Wildman–Crippen MR) is 64.0 cm³/mol. The number of hydrogen-bond acceptors (Lipinski definition) is 2. The number of hydrogen-bond donors (Lipinski definition) is 2. The average Bonchev–Trinajstić information content (AvgIpc) is 2.34. The standard InChI is InChI=1S/C12H13F3N2O3/c1-17(2)10(18)9(16-11(19)20)7-4-3-5-8(6-7)12(13,14)15/h3-6,9,16H,1-2H3,(H,19,20). The second-order valence-corrected chi connectivity index (χ2v) is 4.24. The summed E-state index contributed by atoms with van der Waals surface area (Å²) in [5.41, 5.74) is -1.01. The number of carbonyl (C=O) groups is 2. The second kappa shape index (κ2) is 5.81. The van der Waals surface area contributed by atoms with Gasteiger partial charge in [0, 0.05) is 14.1 Å². The van der Waals surface area contributed by atoms with Crippen molar-refractivity contribution in [3.63, 3.8) is 0 Å². The van der Waals surface area contributed by atoms with Crippen LogP contribution < -0.4 is 5.32 Å². The third-order valence-corrected chi connectivity index (χ3v) is 2.50. The quantitative estimate of drug-likeness (QED) is 0.895. The van der Waals surface area contributed by atoms with Gasteiger partial charge < -0.3 is 15.3 Å². The molecule has 110 valence electrons. The van der Waals surface area contributed by atoms with Crippen LogP contribution in [0.4, 0.5) is 18.0 Å². The predicted octanol–water partition coefficient (Wildman–Crippen LogP) is 2.10. The van der Waals surface area contributed by atoms with E-state index < -0.39 is 29.8 Å². The number of likely N-dealkylation sites (N-methyl/N-ethyl adjacent to an activating group) is 1. The van der Waals surface area contributed by atoms with Crippen LogP contribution in [0.5, 0.6) is 0 Å². The molecule has 8 heteroatoms. The Morgan fingerprint density at radius 3 is 2.35 bits per heavy atom. The number of nitrogens with zero attached hydrogens (tertiary/aromatic N) is 1. The summed E-state index contributed by atoms with van der Waals surface area (Å²) in [6, 6.07) is 2.60. The number of nitrogens with one attached hydrogen (secondary N) is 1. The lowest BCUT2D eigenvalue weighted by molar-refractivity contribution is -0.138. The summed E-state index contributed by atoms with van der Waals surface area (Å²) in [7, 11) is 2.76. The van der Waals surface area contributed by atoms with E-state index in [4.69, 9.17) is 5.11 Å². The zero-order valence-electron chi connectivity index (χ0n) is 10.7. The van der Waals surface area contributed by atoms with Gasteiger partial charge in [0.05, 0.1) is 5.56 Å². The van der Waals surface area contributed by atoms with Gasteiger partial charge in [-0.05, 0) is 17.7 Å². The SMILES string of the molecule is CN(C)C(=O)C(NC(=O)O)c1cccc(C(F)(F)F)c1. The number of halogens is 3. The van der Waals surface area contributed by atoms with Gasteiger partial charge in [0.15, 0.2) is 0 Å². The third-order valence-electron chi connectivity index (χ3n) is 2.50. The lowest BCUT2D eigenvalue weighted by Gasteiger charge is -2.21. The Morgan fingerprint density at radius 1 is 1.30 bits per heavy atom. The Labute approximate surface area is 113 Å². The highest BCUT2D eigenvalue weighted by Crippen LogP contribution is 2.31. The van der Waals surface area contributed by atoms with Gasteiger partial charge in [-0.1, -0.05) is 12.1 Å². The molecule has 0 radical (unpaired) electrons. The van der Waals surface area contributed by atoms with Gasteiger partial charge in [0.1, 0.15) is 6.04 Å². The molecular formula is C12H13F3N2O3. The first-order valence-electron chi connectivity index (χ1n) is 5.50. The first-order chi connectivity index (χ1) is 9.12. The Morgan fingerprint density at radius 2 is 1.90 bits per heavy atom. The van der Waals surface area contributed by atoms with E-state index in [0.717, 1.165) is 23.1 Å². The summed E-state index contributed by atoms with van der Waals surface area (Å²) in [5.74, 6) is -0.660. The molecule has 5 nitrogen and oxygen atoms in total. The van der Waals surface area contributed by atoms with E-state index in [0.29, 0.717) is 0 Å². The average molecular weight is 290 g/mol. The highest BCUT2D eigenvalue weighted by molar-refractivity contribution is 5.86. The topological polar surface area (TPSA) is 69.6 Å². The fourth-order valence-electron chi connectivity index (χ4n) is 1.56. The molecule has 1 atom stereocenters. The molecule has 0 fully saturated rings. The van der Waals surface area contributed by atoms with Gasteiger partial charge in [-0.25, -0.2) is 4.79 Å². The maximum atomic E-state index is 12.6. The van der Waals surface area contributed by atoms with Crippen LogP contribution in [0.3, 0.4) is 0 Å². The molecule has 20 heavy (non-hydrogen) atoms. The smallest absolute Gasteiger partial charge is 0.416 e. The van der Waals surface area contributed by atoms with Crippen LogP contribution in [-0.2, 0) is 11.0 Å². The molecule has 0 aliphatic carbocycles. The zero-order chi connectivity index (χ0) is 15.5. The van der Waals surface area contributed by atoms with Crippen LogP contribution >= 0.6 is 0 Å². The van der Waals surface area contributed by atoms with Crippen LogP contribution in [0.15, 0.2) is 24.3 Å². The van der Waals surface area contributed by atoms with E-state index in [-0.39, 0.29) is 5.56 Å². The Kier molecular flexibility index (Phi) is 4.59. The van der Waals surface area contributed by atoms with Crippen LogP contribution in [0, 0.1) is 0 Å². The maximum absolute atomic E-state index is 12.6. The molecular weight excluding hydrogens is 277 g/mol. The molecule has 0 aliphatic heterocycles. The lowest BCUT2D eigenvalue weighted by Crippen LogP contribution is -2.39. The first kappa shape index (κ1) is 15.8. The molecule has 1 rings (SSSR count). The molecule has 0 aromatic heterocycles. The number of carbonyl (C=O) groups excluding carboxylic acids is 1. The molecule has 0 saturated heterocycles. The van der Waals surface area contributed by atoms with Gasteiger partial charge >= 0.3 is 12.3 Å². The van der Waals surface area contributed by atoms with E-state index in [2.05, 4.69) is 0 Å². The van der Waals surface area contributed by atoms with Crippen molar-refractivity contribution in [2.75, 3.05) is 14.1 Å². The van der Waals surface area contributed by atoms with Crippen molar-refractivity contribution < 1.29 is 27.9 Å². The van der Waals surface area contributed by atoms with Crippen molar-refractivity contribution in [2.45, 2.75) is 12.2 Å². The van der Waals surface area contributed by atoms with Crippen LogP contribution in [-0.4, -0.2) is 36.1 Å². The number of alkyl halides is 3. The highest BCUT2D eigenvalue weighted by Gasteiger charge is 2.32. The molecule has 1 unspecified atom stereocenters. The monoisotopic (exact) mass is 290 g/mol. The number of benzene rings is 1. The largest absolute Gasteiger partial charge is 0.465 e. The zero-order valence-corrected chi connectivity index (χ0v) is 10.7. The Hall–Kier alpha value is -2.25. The van der Waals surface area contributed by atoms with Crippen LogP contribution in [0.2, 0.25) is 0 Å². The van der Waals surface area contributed by atoms with Crippen molar-refractivity contribution >= 4 is 12.0 Å². The van der Waals surface area contributed by atoms with E-state index in [9.17, 15) is 22.8 Å². The number of rotatable bonds is 3. The summed E-state index contributed by atoms with van der Waals surface area (Å²) in [6.07, 6.45) is -6.06. The lowest BCUT2D eigenvalue weighted by atomic mass is 10.0. The molecule has 0 aliphatic rings. The van der Waals surface area contributed by atoms with Crippen LogP contribution in [0.25, 0.3) is 0 Å². The summed E-state index contributed by atoms with van der Waals surface area (Å²) in [4.78, 5) is 23.6. The Bertz CT molecular complexity index is 515. The van der Waals surface area contributed by atoms with E-state index in [1.807, 2.05) is 5.32 Å². The molecule has 0 spiro atoms. The van der Waals surface area contributed by atoms with E-state index >= 15 is 0 Å². The summed E-state index contributed by atoms with van der Waals surface area (Å²) < 4.78 is 37.9. The summed E-state index contributed by atoms with van der Waals surface area (Å²) in [5, 5.41) is 10.6. The molecule has 0 heterocycles. The normalized spacial score (nSPS) is 12.7. The van der Waals surface area contributed by atoms with Gasteiger partial charge in [-0.15, -0.1) is 0 Å². The summed E-state index contributed by atoms with van der Waals surface area (Å²) in [6.45, 7) is 0.